The minimum atomic E-state index is 0.907. The highest BCUT2D eigenvalue weighted by Crippen LogP contribution is 2.38. The third-order valence-corrected chi connectivity index (χ3v) is 5.85. The van der Waals surface area contributed by atoms with E-state index in [1.807, 2.05) is 12.4 Å². The van der Waals surface area contributed by atoms with E-state index in [0.717, 1.165) is 40.8 Å². The lowest BCUT2D eigenvalue weighted by Gasteiger charge is -2.21. The molecule has 0 saturated carbocycles. The fourth-order valence-corrected chi connectivity index (χ4v) is 4.36. The molecule has 0 fully saturated rings. The summed E-state index contributed by atoms with van der Waals surface area (Å²) in [6.45, 7) is 0.948. The fourth-order valence-electron chi connectivity index (χ4n) is 4.36. The number of aryl methyl sites for hydroxylation is 1. The molecule has 0 N–H and O–H groups in total. The van der Waals surface area contributed by atoms with Crippen molar-refractivity contribution < 1.29 is 0 Å². The molecule has 0 atom stereocenters. The number of nitrogens with zero attached hydrogens (tertiary/aromatic N) is 5. The van der Waals surface area contributed by atoms with Crippen molar-refractivity contribution in [1.29, 1.82) is 0 Å². The number of pyridine rings is 1. The molecule has 29 heavy (non-hydrogen) atoms. The minimum absolute atomic E-state index is 0.907. The molecule has 6 rings (SSSR count). The molecule has 0 amide bonds. The molecule has 0 bridgehead atoms. The molecule has 4 heterocycles. The largest absolute Gasteiger partial charge is 0.351 e. The molecule has 0 unspecified atom stereocenters. The van der Waals surface area contributed by atoms with Crippen molar-refractivity contribution in [3.05, 3.63) is 79.0 Å². The molecule has 1 aliphatic rings. The van der Waals surface area contributed by atoms with Gasteiger partial charge < -0.3 is 9.47 Å². The summed E-state index contributed by atoms with van der Waals surface area (Å²) >= 11 is 0. The Bertz CT molecular complexity index is 1380. The smallest absolute Gasteiger partial charge is 0.0966 e. The van der Waals surface area contributed by atoms with Gasteiger partial charge in [-0.05, 0) is 53.3 Å². The summed E-state index contributed by atoms with van der Waals surface area (Å²) in [6.07, 6.45) is 10.5. The highest BCUT2D eigenvalue weighted by molar-refractivity contribution is 5.97. The Morgan fingerprint density at radius 1 is 0.931 bits per heavy atom. The van der Waals surface area contributed by atoms with Gasteiger partial charge in [0.2, 0.25) is 0 Å². The molecule has 0 saturated heterocycles. The molecule has 5 aromatic rings. The molecule has 0 spiro atoms. The van der Waals surface area contributed by atoms with E-state index in [0.29, 0.717) is 0 Å². The Balaban J connectivity index is 1.59. The van der Waals surface area contributed by atoms with Gasteiger partial charge in [0.15, 0.2) is 0 Å². The average molecular weight is 377 g/mol. The number of benzene rings is 2. The van der Waals surface area contributed by atoms with Crippen LogP contribution in [-0.2, 0) is 13.5 Å². The zero-order valence-corrected chi connectivity index (χ0v) is 16.1. The molecule has 140 valence electrons. The molecule has 0 radical (unpaired) electrons. The van der Waals surface area contributed by atoms with Crippen LogP contribution in [0.4, 0.5) is 11.4 Å². The highest BCUT2D eigenvalue weighted by atomic mass is 15.2. The molecule has 5 heteroatoms. The predicted molar refractivity (Wildman–Crippen MR) is 116 cm³/mol. The van der Waals surface area contributed by atoms with Gasteiger partial charge in [-0.3, -0.25) is 15.0 Å². The van der Waals surface area contributed by atoms with Crippen molar-refractivity contribution in [2.75, 3.05) is 11.4 Å². The molecule has 5 nitrogen and oxygen atoms in total. The first-order valence-corrected chi connectivity index (χ1v) is 9.78. The number of hydrogen-bond acceptors (Lipinski definition) is 4. The van der Waals surface area contributed by atoms with Gasteiger partial charge in [-0.15, -0.1) is 0 Å². The Labute approximate surface area is 168 Å². The number of fused-ring (bicyclic) bond motifs is 3. The summed E-state index contributed by atoms with van der Waals surface area (Å²) in [7, 11) is 2.08. The summed E-state index contributed by atoms with van der Waals surface area (Å²) in [6, 6.07) is 15.2. The minimum Gasteiger partial charge on any atom is -0.351 e. The predicted octanol–water partition coefficient (Wildman–Crippen LogP) is 4.88. The second-order valence-corrected chi connectivity index (χ2v) is 7.52. The Morgan fingerprint density at radius 2 is 1.86 bits per heavy atom. The van der Waals surface area contributed by atoms with E-state index < -0.39 is 0 Å². The summed E-state index contributed by atoms with van der Waals surface area (Å²) in [5, 5.41) is 1.24. The quantitative estimate of drug-likeness (QED) is 0.440. The van der Waals surface area contributed by atoms with Crippen molar-refractivity contribution >= 4 is 33.3 Å². The number of aromatic nitrogens is 4. The first-order chi connectivity index (χ1) is 14.3. The SMILES string of the molecule is Cn1ccc2ccc(-c3cc(N4CCc5ccncc54)cc4nccnc34)cc21. The number of hydrogen-bond donors (Lipinski definition) is 0. The van der Waals surface area contributed by atoms with Crippen LogP contribution in [0.3, 0.4) is 0 Å². The van der Waals surface area contributed by atoms with Gasteiger partial charge in [-0.25, -0.2) is 0 Å². The van der Waals surface area contributed by atoms with E-state index in [1.165, 1.54) is 22.2 Å². The van der Waals surface area contributed by atoms with Gasteiger partial charge in [-0.2, -0.15) is 0 Å². The first-order valence-electron chi connectivity index (χ1n) is 9.78. The van der Waals surface area contributed by atoms with E-state index in [4.69, 9.17) is 0 Å². The fraction of sp³-hybridized carbons (Fsp3) is 0.125. The molecule has 1 aliphatic heterocycles. The number of rotatable bonds is 2. The maximum atomic E-state index is 4.66. The van der Waals surface area contributed by atoms with Crippen LogP contribution < -0.4 is 4.90 Å². The summed E-state index contributed by atoms with van der Waals surface area (Å²) in [5.74, 6) is 0. The molecular formula is C24H19N5. The van der Waals surface area contributed by atoms with Crippen LogP contribution in [0.25, 0.3) is 33.1 Å². The summed E-state index contributed by atoms with van der Waals surface area (Å²) < 4.78 is 2.15. The first kappa shape index (κ1) is 16.2. The lowest BCUT2D eigenvalue weighted by Crippen LogP contribution is -2.13. The zero-order valence-electron chi connectivity index (χ0n) is 16.1. The molecule has 2 aromatic carbocycles. The van der Waals surface area contributed by atoms with Gasteiger partial charge in [0.1, 0.15) is 0 Å². The van der Waals surface area contributed by atoms with Crippen LogP contribution >= 0.6 is 0 Å². The Hall–Kier alpha value is -3.73. The van der Waals surface area contributed by atoms with Crippen molar-refractivity contribution in [3.8, 4) is 11.1 Å². The molecular weight excluding hydrogens is 358 g/mol. The highest BCUT2D eigenvalue weighted by Gasteiger charge is 2.22. The van der Waals surface area contributed by atoms with Crippen molar-refractivity contribution in [2.24, 2.45) is 7.05 Å². The van der Waals surface area contributed by atoms with E-state index in [9.17, 15) is 0 Å². The lowest BCUT2D eigenvalue weighted by molar-refractivity contribution is 0.969. The second kappa shape index (κ2) is 6.14. The van der Waals surface area contributed by atoms with Crippen LogP contribution in [0.5, 0.6) is 0 Å². The van der Waals surface area contributed by atoms with Crippen LogP contribution in [0, 0.1) is 0 Å². The van der Waals surface area contributed by atoms with E-state index in [2.05, 4.69) is 80.1 Å². The van der Waals surface area contributed by atoms with E-state index in [-0.39, 0.29) is 0 Å². The third-order valence-electron chi connectivity index (χ3n) is 5.85. The zero-order chi connectivity index (χ0) is 19.4. The Morgan fingerprint density at radius 3 is 2.83 bits per heavy atom. The summed E-state index contributed by atoms with van der Waals surface area (Å²) in [4.78, 5) is 15.9. The van der Waals surface area contributed by atoms with Crippen molar-refractivity contribution in [1.82, 2.24) is 19.5 Å². The van der Waals surface area contributed by atoms with Gasteiger partial charge in [0.25, 0.3) is 0 Å². The third kappa shape index (κ3) is 2.51. The maximum absolute atomic E-state index is 4.66. The van der Waals surface area contributed by atoms with Crippen LogP contribution in [0.15, 0.2) is 73.4 Å². The molecule has 0 aliphatic carbocycles. The van der Waals surface area contributed by atoms with Crippen molar-refractivity contribution in [2.45, 2.75) is 6.42 Å². The van der Waals surface area contributed by atoms with Gasteiger partial charge in [0, 0.05) is 55.1 Å². The van der Waals surface area contributed by atoms with E-state index in [1.54, 1.807) is 12.4 Å². The van der Waals surface area contributed by atoms with Crippen LogP contribution in [0.2, 0.25) is 0 Å². The van der Waals surface area contributed by atoms with Crippen LogP contribution in [0.1, 0.15) is 5.56 Å². The number of anilines is 2. The lowest BCUT2D eigenvalue weighted by atomic mass is 10.0. The average Bonchev–Trinajstić information content (AvgIpc) is 3.36. The second-order valence-electron chi connectivity index (χ2n) is 7.52. The van der Waals surface area contributed by atoms with Gasteiger partial charge >= 0.3 is 0 Å². The topological polar surface area (TPSA) is 46.8 Å². The Kier molecular flexibility index (Phi) is 3.44. The molecule has 3 aromatic heterocycles. The summed E-state index contributed by atoms with van der Waals surface area (Å²) in [5.41, 5.74) is 8.95. The van der Waals surface area contributed by atoms with E-state index >= 15 is 0 Å². The monoisotopic (exact) mass is 377 g/mol. The maximum Gasteiger partial charge on any atom is 0.0966 e. The van der Waals surface area contributed by atoms with Gasteiger partial charge in [-0.1, -0.05) is 12.1 Å². The van der Waals surface area contributed by atoms with Crippen molar-refractivity contribution in [3.63, 3.8) is 0 Å². The van der Waals surface area contributed by atoms with Gasteiger partial charge in [0.05, 0.1) is 22.9 Å². The van der Waals surface area contributed by atoms with Crippen LogP contribution in [-0.4, -0.2) is 26.1 Å². The standard InChI is InChI=1S/C24H19N5/c1-28-10-5-16-2-3-18(12-22(16)28)20-13-19(14-21-24(20)27-9-8-26-21)29-11-6-17-4-7-25-15-23(17)29/h2-5,7-10,12-15H,6,11H2,1H3. The normalized spacial score (nSPS) is 13.3.